The number of para-hydroxylation sites is 2. The zero-order valence-corrected chi connectivity index (χ0v) is 14.6. The topological polar surface area (TPSA) is 64.8 Å². The van der Waals surface area contributed by atoms with Crippen LogP contribution in [0.1, 0.15) is 12.5 Å². The summed E-state index contributed by atoms with van der Waals surface area (Å²) in [5.74, 6) is 0.851. The average molecular weight is 351 g/mol. The van der Waals surface area contributed by atoms with Crippen molar-refractivity contribution in [2.75, 3.05) is 13.2 Å². The standard InChI is InChI=1S/C20H21N3O3/c1-2-25-20(24)22-21-14-16-15-23(19-11-7-6-10-18(16)19)12-13-26-17-8-4-3-5-9-17/h3-11,14-15H,2,12-13H2,1H3,(H,22,24). The third-order valence-electron chi connectivity index (χ3n) is 3.80. The van der Waals surface area contributed by atoms with Crippen LogP contribution in [0, 0.1) is 0 Å². The highest BCUT2D eigenvalue weighted by atomic mass is 16.5. The lowest BCUT2D eigenvalue weighted by molar-refractivity contribution is 0.152. The van der Waals surface area contributed by atoms with Gasteiger partial charge in [0.05, 0.1) is 19.4 Å². The van der Waals surface area contributed by atoms with Gasteiger partial charge in [-0.15, -0.1) is 0 Å². The van der Waals surface area contributed by atoms with E-state index in [4.69, 9.17) is 9.47 Å². The minimum Gasteiger partial charge on any atom is -0.492 e. The number of carbonyl (C=O) groups is 1. The number of carbonyl (C=O) groups excluding carboxylic acids is 1. The van der Waals surface area contributed by atoms with Crippen LogP contribution in [0.25, 0.3) is 10.9 Å². The summed E-state index contributed by atoms with van der Waals surface area (Å²) in [6.45, 7) is 3.31. The molecule has 1 heterocycles. The molecule has 3 rings (SSSR count). The van der Waals surface area contributed by atoms with E-state index in [1.54, 1.807) is 13.1 Å². The molecule has 0 aliphatic carbocycles. The maximum Gasteiger partial charge on any atom is 0.427 e. The fraction of sp³-hybridized carbons (Fsp3) is 0.200. The minimum absolute atomic E-state index is 0.308. The van der Waals surface area contributed by atoms with Crippen LogP contribution in [-0.2, 0) is 11.3 Å². The van der Waals surface area contributed by atoms with Crippen molar-refractivity contribution in [1.29, 1.82) is 0 Å². The number of nitrogens with zero attached hydrogens (tertiary/aromatic N) is 2. The van der Waals surface area contributed by atoms with Crippen molar-refractivity contribution in [2.24, 2.45) is 5.10 Å². The molecule has 1 aromatic heterocycles. The zero-order chi connectivity index (χ0) is 18.2. The maximum atomic E-state index is 11.3. The van der Waals surface area contributed by atoms with Gasteiger partial charge in [0.1, 0.15) is 12.4 Å². The highest BCUT2D eigenvalue weighted by Crippen LogP contribution is 2.20. The maximum absolute atomic E-state index is 11.3. The first-order valence-corrected chi connectivity index (χ1v) is 8.49. The number of amides is 1. The van der Waals surface area contributed by atoms with Crippen molar-refractivity contribution in [3.63, 3.8) is 0 Å². The van der Waals surface area contributed by atoms with Crippen LogP contribution >= 0.6 is 0 Å². The van der Waals surface area contributed by atoms with E-state index in [2.05, 4.69) is 15.1 Å². The first kappa shape index (κ1) is 17.5. The van der Waals surface area contributed by atoms with Crippen LogP contribution in [0.15, 0.2) is 65.9 Å². The third-order valence-corrected chi connectivity index (χ3v) is 3.80. The quantitative estimate of drug-likeness (QED) is 0.520. The van der Waals surface area contributed by atoms with Crippen LogP contribution in [-0.4, -0.2) is 30.1 Å². The molecular weight excluding hydrogens is 330 g/mol. The molecule has 1 N–H and O–H groups in total. The van der Waals surface area contributed by atoms with Crippen molar-refractivity contribution in [2.45, 2.75) is 13.5 Å². The molecule has 0 saturated heterocycles. The molecule has 1 amide bonds. The van der Waals surface area contributed by atoms with Gasteiger partial charge in [0.15, 0.2) is 0 Å². The minimum atomic E-state index is -0.566. The number of hydrogen-bond acceptors (Lipinski definition) is 4. The Balaban J connectivity index is 1.70. The molecule has 0 aliphatic rings. The van der Waals surface area contributed by atoms with E-state index < -0.39 is 6.09 Å². The van der Waals surface area contributed by atoms with E-state index in [-0.39, 0.29) is 0 Å². The Bertz CT molecular complexity index is 888. The molecule has 0 aliphatic heterocycles. The first-order valence-electron chi connectivity index (χ1n) is 8.49. The Morgan fingerprint density at radius 3 is 2.73 bits per heavy atom. The van der Waals surface area contributed by atoms with Gasteiger partial charge in [0.2, 0.25) is 0 Å². The lowest BCUT2D eigenvalue weighted by Crippen LogP contribution is -2.18. The Hall–Kier alpha value is -3.28. The smallest absolute Gasteiger partial charge is 0.427 e. The van der Waals surface area contributed by atoms with Gasteiger partial charge in [-0.25, -0.2) is 10.2 Å². The molecule has 0 unspecified atom stereocenters. The Kier molecular flexibility index (Phi) is 5.88. The predicted molar refractivity (Wildman–Crippen MR) is 102 cm³/mol. The van der Waals surface area contributed by atoms with Crippen molar-refractivity contribution in [3.05, 3.63) is 66.4 Å². The Morgan fingerprint density at radius 2 is 1.92 bits per heavy atom. The summed E-state index contributed by atoms with van der Waals surface area (Å²) in [6, 6.07) is 17.8. The van der Waals surface area contributed by atoms with Crippen LogP contribution in [0.3, 0.4) is 0 Å². The van der Waals surface area contributed by atoms with Crippen LogP contribution in [0.2, 0.25) is 0 Å². The summed E-state index contributed by atoms with van der Waals surface area (Å²) in [4.78, 5) is 11.3. The number of fused-ring (bicyclic) bond motifs is 1. The van der Waals surface area contributed by atoms with E-state index >= 15 is 0 Å². The second-order valence-corrected chi connectivity index (χ2v) is 5.55. The molecule has 26 heavy (non-hydrogen) atoms. The van der Waals surface area contributed by atoms with Crippen LogP contribution < -0.4 is 10.2 Å². The summed E-state index contributed by atoms with van der Waals surface area (Å²) in [7, 11) is 0. The van der Waals surface area contributed by atoms with Gasteiger partial charge in [-0.3, -0.25) is 0 Å². The van der Waals surface area contributed by atoms with Gasteiger partial charge < -0.3 is 14.0 Å². The van der Waals surface area contributed by atoms with Gasteiger partial charge in [0.25, 0.3) is 0 Å². The number of nitrogens with one attached hydrogen (secondary N) is 1. The number of benzene rings is 2. The van der Waals surface area contributed by atoms with Gasteiger partial charge in [-0.2, -0.15) is 5.10 Å². The fourth-order valence-corrected chi connectivity index (χ4v) is 2.66. The third kappa shape index (κ3) is 4.42. The van der Waals surface area contributed by atoms with Gasteiger partial charge in [-0.1, -0.05) is 36.4 Å². The molecule has 6 heteroatoms. The van der Waals surface area contributed by atoms with E-state index in [9.17, 15) is 4.79 Å². The van der Waals surface area contributed by atoms with Gasteiger partial charge in [-0.05, 0) is 25.1 Å². The first-order chi connectivity index (χ1) is 12.8. The monoisotopic (exact) mass is 351 g/mol. The van der Waals surface area contributed by atoms with E-state index in [1.165, 1.54) is 0 Å². The Labute approximate surface area is 152 Å². The largest absolute Gasteiger partial charge is 0.492 e. The van der Waals surface area contributed by atoms with Gasteiger partial charge >= 0.3 is 6.09 Å². The molecule has 0 saturated carbocycles. The fourth-order valence-electron chi connectivity index (χ4n) is 2.66. The molecule has 0 bridgehead atoms. The van der Waals surface area contributed by atoms with E-state index in [0.717, 1.165) is 22.2 Å². The molecule has 3 aromatic rings. The highest BCUT2D eigenvalue weighted by molar-refractivity contribution is 5.99. The summed E-state index contributed by atoms with van der Waals surface area (Å²) in [6.07, 6.45) is 3.05. The predicted octanol–water partition coefficient (Wildman–Crippen LogP) is 3.80. The number of hydrogen-bond donors (Lipinski definition) is 1. The lowest BCUT2D eigenvalue weighted by atomic mass is 10.2. The molecule has 0 radical (unpaired) electrons. The molecule has 0 atom stereocenters. The van der Waals surface area contributed by atoms with Gasteiger partial charge in [0, 0.05) is 22.7 Å². The highest BCUT2D eigenvalue weighted by Gasteiger charge is 2.07. The number of rotatable bonds is 7. The molecule has 0 fully saturated rings. The number of hydrazone groups is 1. The molecule has 134 valence electrons. The van der Waals surface area contributed by atoms with Crippen molar-refractivity contribution < 1.29 is 14.3 Å². The van der Waals surface area contributed by atoms with Crippen molar-refractivity contribution in [1.82, 2.24) is 9.99 Å². The van der Waals surface area contributed by atoms with E-state index in [0.29, 0.717) is 19.8 Å². The normalized spacial score (nSPS) is 11.0. The van der Waals surface area contributed by atoms with Crippen molar-refractivity contribution >= 4 is 23.2 Å². The summed E-state index contributed by atoms with van der Waals surface area (Å²) < 4.78 is 12.7. The summed E-state index contributed by atoms with van der Waals surface area (Å²) >= 11 is 0. The van der Waals surface area contributed by atoms with Crippen LogP contribution in [0.4, 0.5) is 4.79 Å². The number of aromatic nitrogens is 1. The lowest BCUT2D eigenvalue weighted by Gasteiger charge is -2.08. The molecular formula is C20H21N3O3. The van der Waals surface area contributed by atoms with E-state index in [1.807, 2.05) is 60.8 Å². The second-order valence-electron chi connectivity index (χ2n) is 5.55. The second kappa shape index (κ2) is 8.71. The number of ether oxygens (including phenoxy) is 2. The molecule has 6 nitrogen and oxygen atoms in total. The SMILES string of the molecule is CCOC(=O)NN=Cc1cn(CCOc2ccccc2)c2ccccc12. The zero-order valence-electron chi connectivity index (χ0n) is 14.6. The summed E-state index contributed by atoms with van der Waals surface area (Å²) in [5.41, 5.74) is 4.34. The Morgan fingerprint density at radius 1 is 1.15 bits per heavy atom. The summed E-state index contributed by atoms with van der Waals surface area (Å²) in [5, 5.41) is 5.01. The molecule has 0 spiro atoms. The van der Waals surface area contributed by atoms with Crippen LogP contribution in [0.5, 0.6) is 5.75 Å². The average Bonchev–Trinajstić information content (AvgIpc) is 3.01. The van der Waals surface area contributed by atoms with Crippen molar-refractivity contribution in [3.8, 4) is 5.75 Å². The molecule has 2 aromatic carbocycles.